The summed E-state index contributed by atoms with van der Waals surface area (Å²) >= 11 is 6.11. The normalized spacial score (nSPS) is 18.6. The highest BCUT2D eigenvalue weighted by Gasteiger charge is 2.30. The molecular weight excluding hydrogens is 303 g/mol. The predicted molar refractivity (Wildman–Crippen MR) is 73.8 cm³/mol. The van der Waals surface area contributed by atoms with E-state index in [1.165, 1.54) is 12.1 Å². The quantitative estimate of drug-likeness (QED) is 0.864. The molecule has 1 atom stereocenters. The molecule has 0 aliphatic carbocycles. The van der Waals surface area contributed by atoms with Gasteiger partial charge in [0.25, 0.3) is 0 Å². The molecular formula is C14H13ClF3N3. The molecule has 2 heterocycles. The van der Waals surface area contributed by atoms with E-state index >= 15 is 0 Å². The van der Waals surface area contributed by atoms with E-state index < -0.39 is 11.7 Å². The van der Waals surface area contributed by atoms with Gasteiger partial charge in [-0.15, -0.1) is 0 Å². The van der Waals surface area contributed by atoms with Crippen LogP contribution in [0.4, 0.5) is 13.2 Å². The van der Waals surface area contributed by atoms with Crippen LogP contribution in [0.5, 0.6) is 0 Å². The molecule has 112 valence electrons. The minimum atomic E-state index is -4.35. The SMILES string of the molecule is NC1CCCc2c(Cl)nc(-c3ccc(C(F)(F)F)cc3)n21. The number of rotatable bonds is 1. The van der Waals surface area contributed by atoms with E-state index in [-0.39, 0.29) is 6.17 Å². The molecule has 0 spiro atoms. The van der Waals surface area contributed by atoms with E-state index in [0.717, 1.165) is 37.1 Å². The number of fused-ring (bicyclic) bond motifs is 1. The van der Waals surface area contributed by atoms with Crippen molar-refractivity contribution < 1.29 is 13.2 Å². The largest absolute Gasteiger partial charge is 0.416 e. The first kappa shape index (κ1) is 14.4. The highest BCUT2D eigenvalue weighted by molar-refractivity contribution is 6.30. The van der Waals surface area contributed by atoms with E-state index in [4.69, 9.17) is 17.3 Å². The molecule has 7 heteroatoms. The molecule has 0 radical (unpaired) electrons. The Morgan fingerprint density at radius 1 is 1.24 bits per heavy atom. The topological polar surface area (TPSA) is 43.8 Å². The van der Waals surface area contributed by atoms with Crippen molar-refractivity contribution in [3.05, 3.63) is 40.7 Å². The Bertz CT molecular complexity index is 661. The van der Waals surface area contributed by atoms with Gasteiger partial charge >= 0.3 is 6.18 Å². The Balaban J connectivity index is 2.05. The molecule has 1 aromatic heterocycles. The maximum Gasteiger partial charge on any atom is 0.416 e. The molecule has 0 fully saturated rings. The van der Waals surface area contributed by atoms with Gasteiger partial charge in [0.05, 0.1) is 17.4 Å². The van der Waals surface area contributed by atoms with Crippen LogP contribution in [0, 0.1) is 0 Å². The van der Waals surface area contributed by atoms with Gasteiger partial charge in [-0.2, -0.15) is 13.2 Å². The van der Waals surface area contributed by atoms with Crippen molar-refractivity contribution in [1.82, 2.24) is 9.55 Å². The number of imidazole rings is 1. The van der Waals surface area contributed by atoms with Crippen molar-refractivity contribution in [1.29, 1.82) is 0 Å². The van der Waals surface area contributed by atoms with Gasteiger partial charge in [0.1, 0.15) is 5.82 Å². The van der Waals surface area contributed by atoms with Gasteiger partial charge in [0.15, 0.2) is 5.15 Å². The first-order valence-electron chi connectivity index (χ1n) is 6.58. The summed E-state index contributed by atoms with van der Waals surface area (Å²) in [7, 11) is 0. The third-order valence-electron chi connectivity index (χ3n) is 3.68. The average Bonchev–Trinajstić information content (AvgIpc) is 2.77. The molecule has 3 rings (SSSR count). The Hall–Kier alpha value is -1.53. The zero-order valence-electron chi connectivity index (χ0n) is 11.0. The maximum absolute atomic E-state index is 12.6. The van der Waals surface area contributed by atoms with Crippen LogP contribution < -0.4 is 5.73 Å². The van der Waals surface area contributed by atoms with Crippen LogP contribution >= 0.6 is 11.6 Å². The Labute approximate surface area is 124 Å². The number of halogens is 4. The second kappa shape index (κ2) is 5.03. The number of aromatic nitrogens is 2. The summed E-state index contributed by atoms with van der Waals surface area (Å²) in [5.74, 6) is 0.524. The van der Waals surface area contributed by atoms with Crippen molar-refractivity contribution in [2.45, 2.75) is 31.6 Å². The van der Waals surface area contributed by atoms with Crippen LogP contribution in [0.2, 0.25) is 5.15 Å². The number of alkyl halides is 3. The first-order valence-corrected chi connectivity index (χ1v) is 6.95. The van der Waals surface area contributed by atoms with Gasteiger partial charge in [-0.1, -0.05) is 23.7 Å². The van der Waals surface area contributed by atoms with Crippen molar-refractivity contribution in [3.8, 4) is 11.4 Å². The summed E-state index contributed by atoms with van der Waals surface area (Å²) in [5, 5.41) is 0.375. The summed E-state index contributed by atoms with van der Waals surface area (Å²) in [6.45, 7) is 0. The van der Waals surface area contributed by atoms with Gasteiger partial charge < -0.3 is 10.3 Å². The fourth-order valence-corrected chi connectivity index (χ4v) is 2.90. The van der Waals surface area contributed by atoms with Crippen LogP contribution in [0.25, 0.3) is 11.4 Å². The van der Waals surface area contributed by atoms with E-state index in [9.17, 15) is 13.2 Å². The molecule has 1 unspecified atom stereocenters. The highest BCUT2D eigenvalue weighted by Crippen LogP contribution is 2.35. The Morgan fingerprint density at radius 3 is 2.52 bits per heavy atom. The van der Waals surface area contributed by atoms with Gasteiger partial charge in [0.2, 0.25) is 0 Å². The van der Waals surface area contributed by atoms with Gasteiger partial charge in [-0.25, -0.2) is 4.98 Å². The molecule has 1 aliphatic heterocycles. The van der Waals surface area contributed by atoms with Gasteiger partial charge in [0, 0.05) is 5.56 Å². The minimum Gasteiger partial charge on any atom is -0.311 e. The lowest BCUT2D eigenvalue weighted by molar-refractivity contribution is -0.137. The number of hydrogen-bond donors (Lipinski definition) is 1. The number of nitrogens with two attached hydrogens (primary N) is 1. The Morgan fingerprint density at radius 2 is 1.90 bits per heavy atom. The lowest BCUT2D eigenvalue weighted by atomic mass is 10.1. The van der Waals surface area contributed by atoms with E-state index in [0.29, 0.717) is 16.5 Å². The predicted octanol–water partition coefficient (Wildman–Crippen LogP) is 4.02. The van der Waals surface area contributed by atoms with Crippen molar-refractivity contribution >= 4 is 11.6 Å². The molecule has 0 saturated heterocycles. The molecule has 21 heavy (non-hydrogen) atoms. The Kier molecular flexibility index (Phi) is 3.45. The minimum absolute atomic E-state index is 0.244. The number of hydrogen-bond acceptors (Lipinski definition) is 2. The molecule has 1 aromatic carbocycles. The monoisotopic (exact) mass is 315 g/mol. The maximum atomic E-state index is 12.6. The second-order valence-corrected chi connectivity index (χ2v) is 5.44. The van der Waals surface area contributed by atoms with Crippen LogP contribution in [-0.2, 0) is 12.6 Å². The fourth-order valence-electron chi connectivity index (χ4n) is 2.64. The third-order valence-corrected chi connectivity index (χ3v) is 3.98. The molecule has 2 aromatic rings. The number of benzene rings is 1. The molecule has 0 bridgehead atoms. The molecule has 2 N–H and O–H groups in total. The lowest BCUT2D eigenvalue weighted by Crippen LogP contribution is -2.25. The zero-order chi connectivity index (χ0) is 15.2. The molecule has 0 saturated carbocycles. The summed E-state index contributed by atoms with van der Waals surface area (Å²) in [6.07, 6.45) is -2.09. The average molecular weight is 316 g/mol. The second-order valence-electron chi connectivity index (χ2n) is 5.08. The summed E-state index contributed by atoms with van der Waals surface area (Å²) in [6, 6.07) is 4.88. The van der Waals surface area contributed by atoms with Crippen LogP contribution in [-0.4, -0.2) is 9.55 Å². The number of nitrogens with zero attached hydrogens (tertiary/aromatic N) is 2. The first-order chi connectivity index (χ1) is 9.88. The van der Waals surface area contributed by atoms with Crippen LogP contribution in [0.1, 0.15) is 30.3 Å². The van der Waals surface area contributed by atoms with Crippen molar-refractivity contribution in [2.24, 2.45) is 5.73 Å². The zero-order valence-corrected chi connectivity index (χ0v) is 11.7. The lowest BCUT2D eigenvalue weighted by Gasteiger charge is -2.24. The molecule has 1 aliphatic rings. The molecule has 3 nitrogen and oxygen atoms in total. The fraction of sp³-hybridized carbons (Fsp3) is 0.357. The summed E-state index contributed by atoms with van der Waals surface area (Å²) in [5.41, 5.74) is 6.82. The summed E-state index contributed by atoms with van der Waals surface area (Å²) in [4.78, 5) is 4.27. The van der Waals surface area contributed by atoms with Gasteiger partial charge in [-0.05, 0) is 31.4 Å². The standard InChI is InChI=1S/C14H13ClF3N3/c15-12-10-2-1-3-11(19)21(10)13(20-12)8-4-6-9(7-5-8)14(16,17)18/h4-7,11H,1-3,19H2. The van der Waals surface area contributed by atoms with E-state index in [2.05, 4.69) is 4.98 Å². The third kappa shape index (κ3) is 2.53. The smallest absolute Gasteiger partial charge is 0.311 e. The van der Waals surface area contributed by atoms with Crippen LogP contribution in [0.3, 0.4) is 0 Å². The van der Waals surface area contributed by atoms with E-state index in [1.807, 2.05) is 4.57 Å². The van der Waals surface area contributed by atoms with Crippen LogP contribution in [0.15, 0.2) is 24.3 Å². The van der Waals surface area contributed by atoms with Crippen molar-refractivity contribution in [2.75, 3.05) is 0 Å². The highest BCUT2D eigenvalue weighted by atomic mass is 35.5. The van der Waals surface area contributed by atoms with Gasteiger partial charge in [-0.3, -0.25) is 0 Å². The molecule has 0 amide bonds. The van der Waals surface area contributed by atoms with E-state index in [1.54, 1.807) is 0 Å². The van der Waals surface area contributed by atoms with Crippen molar-refractivity contribution in [3.63, 3.8) is 0 Å². The summed E-state index contributed by atoms with van der Waals surface area (Å²) < 4.78 is 39.6.